The maximum Gasteiger partial charge on any atom is 0.300 e. The number of aromatic nitrogens is 3. The summed E-state index contributed by atoms with van der Waals surface area (Å²) in [6.07, 6.45) is 1.59. The second-order valence-corrected chi connectivity index (χ2v) is 9.28. The van der Waals surface area contributed by atoms with Crippen molar-refractivity contribution in [3.8, 4) is 0 Å². The third-order valence-electron chi connectivity index (χ3n) is 4.62. The van der Waals surface area contributed by atoms with E-state index in [-0.39, 0.29) is 16.6 Å². The molecule has 0 amide bonds. The molecule has 2 aromatic heterocycles. The Morgan fingerprint density at radius 2 is 1.90 bits per heavy atom. The third kappa shape index (κ3) is 4.59. The largest absolute Gasteiger partial charge is 0.324 e. The monoisotopic (exact) mass is 452 g/mol. The summed E-state index contributed by atoms with van der Waals surface area (Å²) in [5.74, 6) is -0.465. The van der Waals surface area contributed by atoms with Gasteiger partial charge < -0.3 is 5.32 Å². The van der Waals surface area contributed by atoms with Gasteiger partial charge in [-0.05, 0) is 50.6 Å². The van der Waals surface area contributed by atoms with Gasteiger partial charge in [-0.25, -0.2) is 4.98 Å². The molecule has 0 bridgehead atoms. The van der Waals surface area contributed by atoms with Gasteiger partial charge in [-0.3, -0.25) is 9.36 Å². The van der Waals surface area contributed by atoms with E-state index in [0.29, 0.717) is 39.3 Å². The summed E-state index contributed by atoms with van der Waals surface area (Å²) >= 11 is 6.60. The minimum absolute atomic E-state index is 0.114. The molecule has 0 aliphatic heterocycles. The first-order chi connectivity index (χ1) is 14.0. The van der Waals surface area contributed by atoms with Gasteiger partial charge in [-0.2, -0.15) is 13.8 Å². The molecule has 0 radical (unpaired) electrons. The van der Waals surface area contributed by atoms with Crippen LogP contribution >= 0.6 is 23.4 Å². The Morgan fingerprint density at radius 3 is 2.50 bits per heavy atom. The molecule has 0 spiro atoms. The quantitative estimate of drug-likeness (QED) is 0.437. The zero-order valence-corrected chi connectivity index (χ0v) is 18.9. The molecular formula is C21H23ClF2N4OS. The van der Waals surface area contributed by atoms with Crippen molar-refractivity contribution in [3.63, 3.8) is 0 Å². The van der Waals surface area contributed by atoms with Crippen molar-refractivity contribution < 1.29 is 8.78 Å². The fourth-order valence-electron chi connectivity index (χ4n) is 2.86. The first kappa shape index (κ1) is 22.5. The number of rotatable bonds is 6. The van der Waals surface area contributed by atoms with Crippen molar-refractivity contribution in [1.29, 1.82) is 0 Å². The molecule has 2 heterocycles. The number of pyridine rings is 1. The number of anilines is 2. The summed E-state index contributed by atoms with van der Waals surface area (Å²) in [5.41, 5.74) is 1.63. The van der Waals surface area contributed by atoms with E-state index in [2.05, 4.69) is 15.3 Å². The molecule has 0 fully saturated rings. The highest BCUT2D eigenvalue weighted by molar-refractivity contribution is 8.00. The van der Waals surface area contributed by atoms with E-state index in [9.17, 15) is 13.6 Å². The number of thioether (sulfide) groups is 1. The molecule has 5 nitrogen and oxygen atoms in total. The van der Waals surface area contributed by atoms with Gasteiger partial charge in [0.15, 0.2) is 0 Å². The smallest absolute Gasteiger partial charge is 0.300 e. The molecule has 0 saturated heterocycles. The van der Waals surface area contributed by atoms with Gasteiger partial charge in [0.1, 0.15) is 10.7 Å². The highest BCUT2D eigenvalue weighted by Gasteiger charge is 2.34. The van der Waals surface area contributed by atoms with Crippen LogP contribution in [0.25, 0.3) is 11.0 Å². The van der Waals surface area contributed by atoms with E-state index in [1.165, 1.54) is 18.4 Å². The highest BCUT2D eigenvalue weighted by Crippen LogP contribution is 2.42. The molecule has 30 heavy (non-hydrogen) atoms. The standard InChI is InChI=1S/C21H23ClF2N4OS/c1-11(2)21(23,24)30-15-6-7-17(13(5)8-15)26-20-25-10-14-9-16(22)19(29)28(12(3)4)18(14)27-20/h6-12H,1-5H3,(H,25,26,27). The minimum atomic E-state index is -2.84. The zero-order valence-electron chi connectivity index (χ0n) is 17.3. The van der Waals surface area contributed by atoms with E-state index in [1.807, 2.05) is 20.8 Å². The molecular weight excluding hydrogens is 430 g/mol. The molecule has 0 atom stereocenters. The number of nitrogens with one attached hydrogen (secondary N) is 1. The summed E-state index contributed by atoms with van der Waals surface area (Å²) in [5, 5.41) is 1.03. The lowest BCUT2D eigenvalue weighted by Crippen LogP contribution is -2.23. The fourth-order valence-corrected chi connectivity index (χ4v) is 3.99. The summed E-state index contributed by atoms with van der Waals surface area (Å²) in [4.78, 5) is 21.7. The molecule has 3 aromatic rings. The summed E-state index contributed by atoms with van der Waals surface area (Å²) in [6, 6.07) is 6.48. The Labute approximate surface area is 182 Å². The molecule has 160 valence electrons. The van der Waals surface area contributed by atoms with Crippen molar-refractivity contribution >= 4 is 46.0 Å². The minimum Gasteiger partial charge on any atom is -0.324 e. The number of benzene rings is 1. The lowest BCUT2D eigenvalue weighted by molar-refractivity contribution is 0.0546. The number of alkyl halides is 2. The van der Waals surface area contributed by atoms with Crippen molar-refractivity contribution in [2.75, 3.05) is 5.32 Å². The van der Waals surface area contributed by atoms with Crippen molar-refractivity contribution in [2.45, 2.75) is 50.8 Å². The van der Waals surface area contributed by atoms with Crippen molar-refractivity contribution in [3.05, 3.63) is 51.4 Å². The number of aryl methyl sites for hydroxylation is 1. The van der Waals surface area contributed by atoms with E-state index in [1.54, 1.807) is 30.5 Å². The van der Waals surface area contributed by atoms with Gasteiger partial charge in [-0.15, -0.1) is 0 Å². The Morgan fingerprint density at radius 1 is 1.20 bits per heavy atom. The topological polar surface area (TPSA) is 59.8 Å². The number of fused-ring (bicyclic) bond motifs is 1. The predicted octanol–water partition coefficient (Wildman–Crippen LogP) is 6.42. The zero-order chi connectivity index (χ0) is 22.2. The second-order valence-electron chi connectivity index (χ2n) is 7.65. The molecule has 3 rings (SSSR count). The second kappa shape index (κ2) is 8.51. The number of hydrogen-bond donors (Lipinski definition) is 1. The average Bonchev–Trinajstić information content (AvgIpc) is 2.64. The molecule has 0 unspecified atom stereocenters. The first-order valence-electron chi connectivity index (χ1n) is 9.52. The summed E-state index contributed by atoms with van der Waals surface area (Å²) in [7, 11) is 0. The van der Waals surface area contributed by atoms with Crippen LogP contribution in [0, 0.1) is 12.8 Å². The first-order valence-corrected chi connectivity index (χ1v) is 10.7. The van der Waals surface area contributed by atoms with Crippen molar-refractivity contribution in [2.24, 2.45) is 5.92 Å². The Balaban J connectivity index is 1.94. The Kier molecular flexibility index (Phi) is 6.38. The van der Waals surface area contributed by atoms with Crippen LogP contribution in [0.15, 0.2) is 40.2 Å². The molecule has 0 aliphatic rings. The van der Waals surface area contributed by atoms with Gasteiger partial charge in [0, 0.05) is 34.1 Å². The highest BCUT2D eigenvalue weighted by atomic mass is 35.5. The normalized spacial score (nSPS) is 12.2. The van der Waals surface area contributed by atoms with E-state index < -0.39 is 11.2 Å². The van der Waals surface area contributed by atoms with E-state index in [0.717, 1.165) is 5.56 Å². The van der Waals surface area contributed by atoms with Crippen LogP contribution in [0.5, 0.6) is 0 Å². The summed E-state index contributed by atoms with van der Waals surface area (Å²) in [6.45, 7) is 8.57. The van der Waals surface area contributed by atoms with E-state index in [4.69, 9.17) is 11.6 Å². The van der Waals surface area contributed by atoms with Gasteiger partial charge >= 0.3 is 0 Å². The number of hydrogen-bond acceptors (Lipinski definition) is 5. The lowest BCUT2D eigenvalue weighted by atomic mass is 10.2. The average molecular weight is 453 g/mol. The molecule has 1 aromatic carbocycles. The fraction of sp³-hybridized carbons (Fsp3) is 0.381. The molecule has 1 N–H and O–H groups in total. The SMILES string of the molecule is Cc1cc(SC(F)(F)C(C)C)ccc1Nc1ncc2cc(Cl)c(=O)n(C(C)C)c2n1. The molecule has 0 aliphatic carbocycles. The van der Waals surface area contributed by atoms with Crippen LogP contribution in [-0.4, -0.2) is 19.8 Å². The number of halogens is 3. The third-order valence-corrected chi connectivity index (χ3v) is 6.12. The van der Waals surface area contributed by atoms with Crippen LogP contribution in [0.3, 0.4) is 0 Å². The summed E-state index contributed by atoms with van der Waals surface area (Å²) < 4.78 is 29.5. The predicted molar refractivity (Wildman–Crippen MR) is 119 cm³/mol. The van der Waals surface area contributed by atoms with Gasteiger partial charge in [0.05, 0.1) is 0 Å². The maximum absolute atomic E-state index is 14.0. The lowest BCUT2D eigenvalue weighted by Gasteiger charge is -2.20. The number of nitrogens with zero attached hydrogens (tertiary/aromatic N) is 3. The van der Waals surface area contributed by atoms with Crippen LogP contribution in [-0.2, 0) is 0 Å². The molecule has 0 saturated carbocycles. The maximum atomic E-state index is 14.0. The molecule has 9 heteroatoms. The Hall–Kier alpha value is -2.19. The van der Waals surface area contributed by atoms with Crippen LogP contribution < -0.4 is 10.9 Å². The van der Waals surface area contributed by atoms with Gasteiger partial charge in [0.2, 0.25) is 5.95 Å². The van der Waals surface area contributed by atoms with Crippen molar-refractivity contribution in [1.82, 2.24) is 14.5 Å². The van der Waals surface area contributed by atoms with Gasteiger partial charge in [-0.1, -0.05) is 37.2 Å². The van der Waals surface area contributed by atoms with Crippen LogP contribution in [0.1, 0.15) is 39.3 Å². The van der Waals surface area contributed by atoms with Gasteiger partial charge in [0.25, 0.3) is 10.8 Å². The Bertz CT molecular complexity index is 1150. The van der Waals surface area contributed by atoms with E-state index >= 15 is 0 Å². The van der Waals surface area contributed by atoms with Crippen LogP contribution in [0.2, 0.25) is 5.02 Å². The van der Waals surface area contributed by atoms with Crippen LogP contribution in [0.4, 0.5) is 20.4 Å².